The fourth-order valence-corrected chi connectivity index (χ4v) is 1.47. The quantitative estimate of drug-likeness (QED) is 0.655. The number of fused-ring (bicyclic) bond motifs is 1. The molecule has 0 saturated carbocycles. The Bertz CT molecular complexity index is 641. The molecule has 8 heteroatoms. The molecule has 0 spiro atoms. The largest absolute Gasteiger partial charge is 0.332 e. The molecule has 17 heavy (non-hydrogen) atoms. The molecule has 2 heterocycles. The number of imidazole rings is 1. The first-order valence-electron chi connectivity index (χ1n) is 4.64. The van der Waals surface area contributed by atoms with Crippen molar-refractivity contribution in [2.45, 2.75) is 0 Å². The summed E-state index contributed by atoms with van der Waals surface area (Å²) in [6.07, 6.45) is 1.52. The lowest BCUT2D eigenvalue weighted by Crippen LogP contribution is -2.37. The number of alkyl halides is 2. The zero-order chi connectivity index (χ0) is 13.2. The number of hydrogen-bond donors (Lipinski definition) is 0. The second-order valence-corrected chi connectivity index (χ2v) is 4.14. The number of halogens is 2. The van der Waals surface area contributed by atoms with E-state index in [1.165, 1.54) is 17.9 Å². The second-order valence-electron chi connectivity index (χ2n) is 3.33. The number of hydrogen-bond acceptors (Lipinski definition) is 3. The number of aromatic nitrogens is 4. The van der Waals surface area contributed by atoms with Gasteiger partial charge in [0.05, 0.1) is 11.7 Å². The highest BCUT2D eigenvalue weighted by Crippen LogP contribution is 2.01. The standard InChI is InChI=1S/C8H10N4O2.CH2Cl2/c1-10-4-9-6-5(10)7(13)12(3)8(14)11(6)2;2-1-3/h4H,1-3H3;1H2. The van der Waals surface area contributed by atoms with Crippen LogP contribution in [0.25, 0.3) is 11.2 Å². The molecule has 0 fully saturated rings. The van der Waals surface area contributed by atoms with Crippen LogP contribution in [0.1, 0.15) is 0 Å². The Morgan fingerprint density at radius 2 is 1.71 bits per heavy atom. The fourth-order valence-electron chi connectivity index (χ4n) is 1.47. The fraction of sp³-hybridized carbons (Fsp3) is 0.444. The summed E-state index contributed by atoms with van der Waals surface area (Å²) in [5, 5.41) is 0.194. The maximum absolute atomic E-state index is 11.7. The van der Waals surface area contributed by atoms with E-state index in [1.807, 2.05) is 0 Å². The Hall–Kier alpha value is -1.27. The van der Waals surface area contributed by atoms with Crippen LogP contribution in [0.3, 0.4) is 0 Å². The SMILES string of the molecule is ClCCl.Cn1c(=O)c2c(ncn2C)n(C)c1=O. The van der Waals surface area contributed by atoms with Crippen molar-refractivity contribution in [3.63, 3.8) is 0 Å². The predicted octanol–water partition coefficient (Wildman–Crippen LogP) is 0.392. The van der Waals surface area contributed by atoms with Crippen LogP contribution in [-0.4, -0.2) is 24.0 Å². The lowest BCUT2D eigenvalue weighted by Gasteiger charge is -2.02. The molecule has 94 valence electrons. The van der Waals surface area contributed by atoms with Gasteiger partial charge < -0.3 is 4.57 Å². The molecule has 0 unspecified atom stereocenters. The van der Waals surface area contributed by atoms with Gasteiger partial charge in [0.1, 0.15) is 0 Å². The van der Waals surface area contributed by atoms with Crippen LogP contribution < -0.4 is 11.2 Å². The summed E-state index contributed by atoms with van der Waals surface area (Å²) in [4.78, 5) is 27.2. The summed E-state index contributed by atoms with van der Waals surface area (Å²) in [6.45, 7) is 0. The topological polar surface area (TPSA) is 61.8 Å². The van der Waals surface area contributed by atoms with E-state index in [1.54, 1.807) is 18.7 Å². The van der Waals surface area contributed by atoms with Crippen molar-refractivity contribution in [2.75, 3.05) is 5.34 Å². The number of rotatable bonds is 0. The van der Waals surface area contributed by atoms with Crippen LogP contribution in [0, 0.1) is 0 Å². The van der Waals surface area contributed by atoms with E-state index in [4.69, 9.17) is 23.2 Å². The van der Waals surface area contributed by atoms with Gasteiger partial charge in [-0.3, -0.25) is 13.9 Å². The van der Waals surface area contributed by atoms with Gasteiger partial charge in [0.15, 0.2) is 11.2 Å². The summed E-state index contributed by atoms with van der Waals surface area (Å²) >= 11 is 9.53. The average Bonchev–Trinajstić information content (AvgIpc) is 2.67. The van der Waals surface area contributed by atoms with E-state index in [9.17, 15) is 9.59 Å². The molecule has 0 aliphatic rings. The van der Waals surface area contributed by atoms with Crippen LogP contribution in [0.4, 0.5) is 0 Å². The predicted molar refractivity (Wildman–Crippen MR) is 67.8 cm³/mol. The molecule has 0 aromatic carbocycles. The monoisotopic (exact) mass is 278 g/mol. The molecular formula is C9H12Cl2N4O2. The summed E-state index contributed by atoms with van der Waals surface area (Å²) in [7, 11) is 4.77. The lowest BCUT2D eigenvalue weighted by atomic mass is 10.5. The first kappa shape index (κ1) is 13.8. The lowest BCUT2D eigenvalue weighted by molar-refractivity contribution is 0.705. The minimum absolute atomic E-state index is 0.194. The van der Waals surface area contributed by atoms with Gasteiger partial charge >= 0.3 is 5.69 Å². The van der Waals surface area contributed by atoms with Crippen LogP contribution >= 0.6 is 23.2 Å². The van der Waals surface area contributed by atoms with Gasteiger partial charge in [-0.15, -0.1) is 23.2 Å². The van der Waals surface area contributed by atoms with E-state index in [-0.39, 0.29) is 16.6 Å². The third-order valence-corrected chi connectivity index (χ3v) is 2.32. The van der Waals surface area contributed by atoms with Crippen molar-refractivity contribution in [3.8, 4) is 0 Å². The Balaban J connectivity index is 0.000000437. The molecule has 0 amide bonds. The number of aryl methyl sites for hydroxylation is 2. The maximum atomic E-state index is 11.7. The van der Waals surface area contributed by atoms with Crippen LogP contribution in [0.15, 0.2) is 15.9 Å². The molecular weight excluding hydrogens is 267 g/mol. The zero-order valence-corrected chi connectivity index (χ0v) is 11.2. The minimum Gasteiger partial charge on any atom is -0.328 e. The summed E-state index contributed by atoms with van der Waals surface area (Å²) in [5.41, 5.74) is 0.180. The van der Waals surface area contributed by atoms with Gasteiger partial charge in [-0.25, -0.2) is 9.78 Å². The first-order valence-corrected chi connectivity index (χ1v) is 5.71. The highest BCUT2D eigenvalue weighted by Gasteiger charge is 2.11. The smallest absolute Gasteiger partial charge is 0.328 e. The van der Waals surface area contributed by atoms with Crippen LogP contribution in [-0.2, 0) is 21.1 Å². The highest BCUT2D eigenvalue weighted by molar-refractivity contribution is 6.40. The molecule has 0 aliphatic heterocycles. The zero-order valence-electron chi connectivity index (χ0n) is 9.65. The van der Waals surface area contributed by atoms with Crippen molar-refractivity contribution >= 4 is 34.4 Å². The molecule has 0 aliphatic carbocycles. The number of nitrogens with zero attached hydrogens (tertiary/aromatic N) is 4. The van der Waals surface area contributed by atoms with E-state index in [0.29, 0.717) is 11.2 Å². The summed E-state index contributed by atoms with van der Waals surface area (Å²) < 4.78 is 4.04. The molecule has 0 atom stereocenters. The molecule has 2 aromatic rings. The average molecular weight is 279 g/mol. The second kappa shape index (κ2) is 5.37. The Labute approximate surface area is 107 Å². The molecule has 0 saturated heterocycles. The third-order valence-electron chi connectivity index (χ3n) is 2.32. The van der Waals surface area contributed by atoms with Crippen molar-refractivity contribution in [1.82, 2.24) is 18.7 Å². The van der Waals surface area contributed by atoms with E-state index in [2.05, 4.69) is 4.98 Å². The molecule has 2 rings (SSSR count). The normalized spacial score (nSPS) is 10.2. The van der Waals surface area contributed by atoms with Gasteiger partial charge in [0.25, 0.3) is 5.56 Å². The highest BCUT2D eigenvalue weighted by atomic mass is 35.5. The molecule has 6 nitrogen and oxygen atoms in total. The minimum atomic E-state index is -0.360. The van der Waals surface area contributed by atoms with Crippen molar-refractivity contribution in [2.24, 2.45) is 21.1 Å². The molecule has 2 aromatic heterocycles. The Morgan fingerprint density at radius 1 is 1.18 bits per heavy atom. The van der Waals surface area contributed by atoms with Crippen molar-refractivity contribution in [3.05, 3.63) is 27.2 Å². The van der Waals surface area contributed by atoms with Crippen LogP contribution in [0.5, 0.6) is 0 Å². The van der Waals surface area contributed by atoms with Gasteiger partial charge in [0, 0.05) is 21.1 Å². The molecule has 0 radical (unpaired) electrons. The summed E-state index contributed by atoms with van der Waals surface area (Å²) in [6, 6.07) is 0. The van der Waals surface area contributed by atoms with Crippen molar-refractivity contribution in [1.29, 1.82) is 0 Å². The maximum Gasteiger partial charge on any atom is 0.332 e. The summed E-state index contributed by atoms with van der Waals surface area (Å²) in [5.74, 6) is 0. The van der Waals surface area contributed by atoms with Gasteiger partial charge in [-0.05, 0) is 0 Å². The van der Waals surface area contributed by atoms with Crippen molar-refractivity contribution < 1.29 is 0 Å². The Kier molecular flexibility index (Phi) is 4.36. The molecule has 0 bridgehead atoms. The first-order chi connectivity index (χ1) is 7.95. The van der Waals surface area contributed by atoms with Gasteiger partial charge in [-0.2, -0.15) is 0 Å². The van der Waals surface area contributed by atoms with Gasteiger partial charge in [0.2, 0.25) is 0 Å². The molecule has 0 N–H and O–H groups in total. The van der Waals surface area contributed by atoms with E-state index in [0.717, 1.165) is 4.57 Å². The Morgan fingerprint density at radius 3 is 2.24 bits per heavy atom. The third kappa shape index (κ3) is 2.37. The van der Waals surface area contributed by atoms with E-state index >= 15 is 0 Å². The van der Waals surface area contributed by atoms with Crippen LogP contribution in [0.2, 0.25) is 0 Å². The van der Waals surface area contributed by atoms with Gasteiger partial charge in [-0.1, -0.05) is 0 Å². The van der Waals surface area contributed by atoms with E-state index < -0.39 is 0 Å².